The number of rotatable bonds is 4. The van der Waals surface area contributed by atoms with Gasteiger partial charge in [-0.05, 0) is 33.4 Å². The summed E-state index contributed by atoms with van der Waals surface area (Å²) in [6.07, 6.45) is 0.954. The summed E-state index contributed by atoms with van der Waals surface area (Å²) in [5.41, 5.74) is 3.46. The van der Waals surface area contributed by atoms with Gasteiger partial charge in [0.2, 0.25) is 0 Å². The highest BCUT2D eigenvalue weighted by Gasteiger charge is 2.13. The van der Waals surface area contributed by atoms with E-state index in [-0.39, 0.29) is 0 Å². The van der Waals surface area contributed by atoms with Gasteiger partial charge in [0.05, 0.1) is 17.4 Å². The molecule has 0 saturated heterocycles. The largest absolute Gasteiger partial charge is 0.311 e. The Morgan fingerprint density at radius 3 is 2.71 bits per heavy atom. The van der Waals surface area contributed by atoms with Crippen LogP contribution < -0.4 is 5.32 Å². The maximum absolute atomic E-state index is 4.33. The van der Waals surface area contributed by atoms with E-state index in [1.54, 1.807) is 0 Å². The molecule has 0 saturated carbocycles. The van der Waals surface area contributed by atoms with Crippen molar-refractivity contribution in [2.24, 2.45) is 7.05 Å². The second kappa shape index (κ2) is 4.42. The van der Waals surface area contributed by atoms with Crippen LogP contribution >= 0.6 is 0 Å². The van der Waals surface area contributed by atoms with Crippen LogP contribution in [0.1, 0.15) is 30.8 Å². The molecule has 0 spiro atoms. The van der Waals surface area contributed by atoms with Crippen LogP contribution in [0.2, 0.25) is 0 Å². The van der Waals surface area contributed by atoms with E-state index in [4.69, 9.17) is 0 Å². The summed E-state index contributed by atoms with van der Waals surface area (Å²) in [7, 11) is 3.95. The van der Waals surface area contributed by atoms with E-state index in [0.717, 1.165) is 12.1 Å². The lowest BCUT2D eigenvalue weighted by molar-refractivity contribution is 0.535. The normalized spacial score (nSPS) is 12.9. The second-order valence-electron chi connectivity index (χ2n) is 3.84. The number of aromatic nitrogens is 2. The molecule has 0 amide bonds. The number of nitrogens with one attached hydrogen (secondary N) is 1. The molecule has 78 valence electrons. The minimum atomic E-state index is 0.318. The van der Waals surface area contributed by atoms with Crippen molar-refractivity contribution in [3.63, 3.8) is 0 Å². The zero-order valence-electron chi connectivity index (χ0n) is 9.46. The third kappa shape index (κ3) is 2.45. The summed E-state index contributed by atoms with van der Waals surface area (Å²) < 4.78 is 1.93. The average Bonchev–Trinajstić information content (AvgIpc) is 2.41. The average molecular weight is 193 g/mol. The van der Waals surface area contributed by atoms with Crippen molar-refractivity contribution < 1.29 is 0 Å². The van der Waals surface area contributed by atoms with Gasteiger partial charge in [-0.2, -0.15) is 5.10 Å². The van der Waals surface area contributed by atoms with Gasteiger partial charge >= 0.3 is 0 Å². The van der Waals surface area contributed by atoms with Crippen molar-refractivity contribution in [3.8, 4) is 0 Å². The van der Waals surface area contributed by atoms with E-state index in [2.05, 4.69) is 23.1 Å². The highest BCUT2D eigenvalue weighted by Crippen LogP contribution is 2.19. The Morgan fingerprint density at radius 2 is 2.36 bits per heavy atom. The van der Waals surface area contributed by atoms with E-state index < -0.39 is 0 Å². The molecule has 1 aromatic rings. The van der Waals surface area contributed by atoms with Gasteiger partial charge in [0, 0.05) is 7.05 Å². The number of nitrogens with zero attached hydrogens (tertiary/aromatic N) is 2. The van der Waals surface area contributed by atoms with Gasteiger partial charge in [-0.3, -0.25) is 4.68 Å². The van der Waals surface area contributed by atoms with E-state index in [1.807, 2.05) is 32.6 Å². The minimum Gasteiger partial charge on any atom is -0.311 e. The molecule has 0 aliphatic heterocycles. The van der Waals surface area contributed by atoms with Crippen molar-refractivity contribution >= 4 is 0 Å². The van der Waals surface area contributed by atoms with Crippen LogP contribution in [0.25, 0.3) is 0 Å². The highest BCUT2D eigenvalue weighted by atomic mass is 15.3. The van der Waals surface area contributed by atoms with Gasteiger partial charge in [0.15, 0.2) is 0 Å². The molecule has 0 aliphatic carbocycles. The van der Waals surface area contributed by atoms with E-state index >= 15 is 0 Å². The topological polar surface area (TPSA) is 29.9 Å². The van der Waals surface area contributed by atoms with E-state index in [9.17, 15) is 0 Å². The van der Waals surface area contributed by atoms with Crippen molar-refractivity contribution in [2.75, 3.05) is 7.05 Å². The Kier molecular flexibility index (Phi) is 3.47. The molecule has 0 fully saturated rings. The lowest BCUT2D eigenvalue weighted by Crippen LogP contribution is -2.19. The molecule has 1 rings (SSSR count). The zero-order valence-corrected chi connectivity index (χ0v) is 9.46. The van der Waals surface area contributed by atoms with Gasteiger partial charge in [-0.25, -0.2) is 0 Å². The summed E-state index contributed by atoms with van der Waals surface area (Å²) in [6.45, 7) is 8.00. The Balaban J connectivity index is 2.88. The first-order chi connectivity index (χ1) is 6.54. The molecular weight excluding hydrogens is 174 g/mol. The van der Waals surface area contributed by atoms with Crippen LogP contribution in [-0.2, 0) is 7.05 Å². The molecule has 0 aromatic carbocycles. The maximum atomic E-state index is 4.33. The fourth-order valence-corrected chi connectivity index (χ4v) is 1.66. The van der Waals surface area contributed by atoms with Crippen molar-refractivity contribution in [2.45, 2.75) is 26.3 Å². The maximum Gasteiger partial charge on any atom is 0.0597 e. The van der Waals surface area contributed by atoms with Crippen LogP contribution in [-0.4, -0.2) is 16.8 Å². The minimum absolute atomic E-state index is 0.318. The molecule has 1 unspecified atom stereocenters. The summed E-state index contributed by atoms with van der Waals surface area (Å²) >= 11 is 0. The first kappa shape index (κ1) is 11.0. The van der Waals surface area contributed by atoms with Crippen LogP contribution in [0.15, 0.2) is 18.2 Å². The molecule has 1 atom stereocenters. The molecule has 1 heterocycles. The number of aryl methyl sites for hydroxylation is 2. The Morgan fingerprint density at radius 1 is 1.71 bits per heavy atom. The lowest BCUT2D eigenvalue weighted by Gasteiger charge is -2.16. The molecule has 14 heavy (non-hydrogen) atoms. The van der Waals surface area contributed by atoms with Crippen LogP contribution in [0, 0.1) is 6.92 Å². The fraction of sp³-hybridized carbons (Fsp3) is 0.545. The highest BCUT2D eigenvalue weighted by molar-refractivity contribution is 5.15. The SMILES string of the molecule is C=C(C)CC(NC)c1cc(C)nn1C. The van der Waals surface area contributed by atoms with Gasteiger partial charge in [-0.15, -0.1) is 6.58 Å². The van der Waals surface area contributed by atoms with E-state index in [0.29, 0.717) is 6.04 Å². The van der Waals surface area contributed by atoms with Crippen molar-refractivity contribution in [1.29, 1.82) is 0 Å². The second-order valence-corrected chi connectivity index (χ2v) is 3.84. The fourth-order valence-electron chi connectivity index (χ4n) is 1.66. The molecule has 1 aromatic heterocycles. The van der Waals surface area contributed by atoms with E-state index in [1.165, 1.54) is 11.3 Å². The number of hydrogen-bond acceptors (Lipinski definition) is 2. The molecule has 3 nitrogen and oxygen atoms in total. The van der Waals surface area contributed by atoms with Gasteiger partial charge in [0.25, 0.3) is 0 Å². The van der Waals surface area contributed by atoms with Crippen LogP contribution in [0.3, 0.4) is 0 Å². The van der Waals surface area contributed by atoms with Gasteiger partial charge in [-0.1, -0.05) is 5.57 Å². The van der Waals surface area contributed by atoms with Crippen molar-refractivity contribution in [1.82, 2.24) is 15.1 Å². The molecule has 3 heteroatoms. The lowest BCUT2D eigenvalue weighted by atomic mass is 10.1. The Hall–Kier alpha value is -1.09. The monoisotopic (exact) mass is 193 g/mol. The Labute approximate surface area is 85.8 Å². The molecule has 0 bridgehead atoms. The smallest absolute Gasteiger partial charge is 0.0597 e. The zero-order chi connectivity index (χ0) is 10.7. The van der Waals surface area contributed by atoms with Crippen molar-refractivity contribution in [3.05, 3.63) is 29.6 Å². The van der Waals surface area contributed by atoms with Gasteiger partial charge < -0.3 is 5.32 Å². The molecular formula is C11H19N3. The first-order valence-electron chi connectivity index (χ1n) is 4.86. The van der Waals surface area contributed by atoms with Crippen LogP contribution in [0.4, 0.5) is 0 Å². The quantitative estimate of drug-likeness (QED) is 0.741. The molecule has 1 N–H and O–H groups in total. The standard InChI is InChI=1S/C11H19N3/c1-8(2)6-10(12-4)11-7-9(3)13-14(11)5/h7,10,12H,1,6H2,2-5H3. The molecule has 0 aliphatic rings. The van der Waals surface area contributed by atoms with Gasteiger partial charge in [0.1, 0.15) is 0 Å². The Bertz CT molecular complexity index is 325. The summed E-state index contributed by atoms with van der Waals surface area (Å²) in [4.78, 5) is 0. The summed E-state index contributed by atoms with van der Waals surface area (Å²) in [5.74, 6) is 0. The summed E-state index contributed by atoms with van der Waals surface area (Å²) in [6, 6.07) is 2.43. The van der Waals surface area contributed by atoms with Crippen LogP contribution in [0.5, 0.6) is 0 Å². The predicted octanol–water partition coefficient (Wildman–Crippen LogP) is 1.96. The molecule has 0 radical (unpaired) electrons. The number of hydrogen-bond donors (Lipinski definition) is 1. The third-order valence-electron chi connectivity index (χ3n) is 2.30. The predicted molar refractivity (Wildman–Crippen MR) is 59.2 cm³/mol. The third-order valence-corrected chi connectivity index (χ3v) is 2.30. The first-order valence-corrected chi connectivity index (χ1v) is 4.86. The summed E-state index contributed by atoms with van der Waals surface area (Å²) in [5, 5.41) is 7.62.